The molecular formula is C21H23N3O3. The minimum atomic E-state index is 0.105. The standard InChI is InChI=1S/C21H23N3O3/c25-20(24-16-9-13-26-14-10-16)6-3-15-1-4-17(5-2-15)27-19-8-12-23-21-18(19)7-11-22-21/h1-2,4-5,7-8,11-12,16H,3,6,9-10,13-14H2,(H,22,23)(H,24,25). The number of rotatable bonds is 6. The summed E-state index contributed by atoms with van der Waals surface area (Å²) in [4.78, 5) is 19.4. The van der Waals surface area contributed by atoms with Crippen molar-refractivity contribution in [1.29, 1.82) is 0 Å². The molecule has 1 aliphatic heterocycles. The molecule has 140 valence electrons. The molecular weight excluding hydrogens is 342 g/mol. The summed E-state index contributed by atoms with van der Waals surface area (Å²) in [5, 5.41) is 4.05. The lowest BCUT2D eigenvalue weighted by atomic mass is 10.1. The number of carbonyl (C=O) groups is 1. The number of nitrogens with zero attached hydrogens (tertiary/aromatic N) is 1. The minimum Gasteiger partial charge on any atom is -0.457 e. The largest absolute Gasteiger partial charge is 0.457 e. The fourth-order valence-electron chi connectivity index (χ4n) is 3.28. The second-order valence-electron chi connectivity index (χ2n) is 6.75. The van der Waals surface area contributed by atoms with Gasteiger partial charge >= 0.3 is 0 Å². The third-order valence-electron chi connectivity index (χ3n) is 4.80. The quantitative estimate of drug-likeness (QED) is 0.700. The fourth-order valence-corrected chi connectivity index (χ4v) is 3.28. The first-order valence-electron chi connectivity index (χ1n) is 9.34. The summed E-state index contributed by atoms with van der Waals surface area (Å²) in [6.07, 6.45) is 6.58. The number of pyridine rings is 1. The maximum absolute atomic E-state index is 12.1. The number of benzene rings is 1. The van der Waals surface area contributed by atoms with Crippen LogP contribution in [0.4, 0.5) is 0 Å². The molecule has 0 atom stereocenters. The van der Waals surface area contributed by atoms with Gasteiger partial charge in [0.2, 0.25) is 5.91 Å². The van der Waals surface area contributed by atoms with Gasteiger partial charge in [0.1, 0.15) is 17.1 Å². The average molecular weight is 365 g/mol. The minimum absolute atomic E-state index is 0.105. The number of nitrogens with one attached hydrogen (secondary N) is 2. The van der Waals surface area contributed by atoms with Crippen LogP contribution in [0.3, 0.4) is 0 Å². The fraction of sp³-hybridized carbons (Fsp3) is 0.333. The topological polar surface area (TPSA) is 76.2 Å². The number of aromatic nitrogens is 2. The van der Waals surface area contributed by atoms with Crippen molar-refractivity contribution in [3.05, 3.63) is 54.4 Å². The molecule has 2 aromatic heterocycles. The van der Waals surface area contributed by atoms with E-state index in [0.29, 0.717) is 12.8 Å². The van der Waals surface area contributed by atoms with E-state index in [-0.39, 0.29) is 11.9 Å². The molecule has 1 fully saturated rings. The zero-order chi connectivity index (χ0) is 18.5. The van der Waals surface area contributed by atoms with E-state index in [1.54, 1.807) is 6.20 Å². The molecule has 0 radical (unpaired) electrons. The van der Waals surface area contributed by atoms with Crippen LogP contribution in [-0.4, -0.2) is 35.1 Å². The molecule has 4 rings (SSSR count). The summed E-state index contributed by atoms with van der Waals surface area (Å²) in [6, 6.07) is 11.9. The van der Waals surface area contributed by atoms with Gasteiger partial charge in [-0.25, -0.2) is 4.98 Å². The van der Waals surface area contributed by atoms with Crippen molar-refractivity contribution in [2.75, 3.05) is 13.2 Å². The maximum atomic E-state index is 12.1. The van der Waals surface area contributed by atoms with Crippen LogP contribution in [0.5, 0.6) is 11.5 Å². The number of aryl methyl sites for hydroxylation is 1. The Balaban J connectivity index is 1.31. The second-order valence-corrected chi connectivity index (χ2v) is 6.75. The summed E-state index contributed by atoms with van der Waals surface area (Å²) >= 11 is 0. The highest BCUT2D eigenvalue weighted by molar-refractivity contribution is 5.82. The molecule has 1 aromatic carbocycles. The highest BCUT2D eigenvalue weighted by atomic mass is 16.5. The monoisotopic (exact) mass is 365 g/mol. The lowest BCUT2D eigenvalue weighted by molar-refractivity contribution is -0.122. The van der Waals surface area contributed by atoms with Gasteiger partial charge in [-0.05, 0) is 49.1 Å². The molecule has 6 heteroatoms. The molecule has 6 nitrogen and oxygen atoms in total. The summed E-state index contributed by atoms with van der Waals surface area (Å²) < 4.78 is 11.3. The van der Waals surface area contributed by atoms with Gasteiger partial charge in [0.25, 0.3) is 0 Å². The molecule has 2 N–H and O–H groups in total. The first-order chi connectivity index (χ1) is 13.3. The Kier molecular flexibility index (Phi) is 5.34. The number of hydrogen-bond donors (Lipinski definition) is 2. The van der Waals surface area contributed by atoms with Crippen LogP contribution in [0.25, 0.3) is 11.0 Å². The predicted molar refractivity (Wildman–Crippen MR) is 103 cm³/mol. The second kappa shape index (κ2) is 8.22. The Morgan fingerprint density at radius 1 is 1.19 bits per heavy atom. The normalized spacial score (nSPS) is 15.0. The Morgan fingerprint density at radius 2 is 2.00 bits per heavy atom. The van der Waals surface area contributed by atoms with E-state index < -0.39 is 0 Å². The first kappa shape index (κ1) is 17.5. The van der Waals surface area contributed by atoms with Crippen molar-refractivity contribution in [2.24, 2.45) is 0 Å². The van der Waals surface area contributed by atoms with Crippen LogP contribution in [-0.2, 0) is 16.0 Å². The molecule has 0 aliphatic carbocycles. The van der Waals surface area contributed by atoms with Crippen LogP contribution in [0.1, 0.15) is 24.8 Å². The van der Waals surface area contributed by atoms with E-state index >= 15 is 0 Å². The van der Waals surface area contributed by atoms with Gasteiger partial charge in [-0.15, -0.1) is 0 Å². The summed E-state index contributed by atoms with van der Waals surface area (Å²) in [7, 11) is 0. The average Bonchev–Trinajstić information content (AvgIpc) is 3.18. The molecule has 1 saturated heterocycles. The third kappa shape index (κ3) is 4.46. The van der Waals surface area contributed by atoms with Crippen LogP contribution < -0.4 is 10.1 Å². The van der Waals surface area contributed by atoms with Gasteiger partial charge in [0, 0.05) is 38.1 Å². The molecule has 0 spiro atoms. The number of aromatic amines is 1. The molecule has 1 aliphatic rings. The van der Waals surface area contributed by atoms with Gasteiger partial charge in [0.05, 0.1) is 5.39 Å². The number of carbonyl (C=O) groups excluding carboxylic acids is 1. The van der Waals surface area contributed by atoms with Crippen LogP contribution in [0.2, 0.25) is 0 Å². The van der Waals surface area contributed by atoms with Gasteiger partial charge in [-0.1, -0.05) is 12.1 Å². The van der Waals surface area contributed by atoms with E-state index in [1.165, 1.54) is 0 Å². The van der Waals surface area contributed by atoms with Gasteiger partial charge in [-0.2, -0.15) is 0 Å². The highest BCUT2D eigenvalue weighted by Gasteiger charge is 2.15. The number of hydrogen-bond acceptors (Lipinski definition) is 4. The van der Waals surface area contributed by atoms with Gasteiger partial charge in [-0.3, -0.25) is 4.79 Å². The molecule has 27 heavy (non-hydrogen) atoms. The lowest BCUT2D eigenvalue weighted by Gasteiger charge is -2.23. The highest BCUT2D eigenvalue weighted by Crippen LogP contribution is 2.28. The number of ether oxygens (including phenoxy) is 2. The first-order valence-corrected chi connectivity index (χ1v) is 9.34. The molecule has 3 heterocycles. The SMILES string of the molecule is O=C(CCc1ccc(Oc2ccnc3[nH]ccc23)cc1)NC1CCOCC1. The third-order valence-corrected chi connectivity index (χ3v) is 4.80. The molecule has 1 amide bonds. The number of amides is 1. The van der Waals surface area contributed by atoms with Crippen molar-refractivity contribution in [2.45, 2.75) is 31.7 Å². The Morgan fingerprint density at radius 3 is 2.81 bits per heavy atom. The molecule has 0 bridgehead atoms. The molecule has 3 aromatic rings. The molecule has 0 saturated carbocycles. The van der Waals surface area contributed by atoms with Crippen molar-refractivity contribution in [3.63, 3.8) is 0 Å². The Hall–Kier alpha value is -2.86. The summed E-state index contributed by atoms with van der Waals surface area (Å²) in [6.45, 7) is 1.47. The predicted octanol–water partition coefficient (Wildman–Crippen LogP) is 3.58. The van der Waals surface area contributed by atoms with E-state index in [4.69, 9.17) is 9.47 Å². The van der Waals surface area contributed by atoms with Crippen molar-refractivity contribution in [3.8, 4) is 11.5 Å². The lowest BCUT2D eigenvalue weighted by Crippen LogP contribution is -2.38. The van der Waals surface area contributed by atoms with E-state index in [2.05, 4.69) is 15.3 Å². The zero-order valence-electron chi connectivity index (χ0n) is 15.1. The van der Waals surface area contributed by atoms with Crippen LogP contribution in [0.15, 0.2) is 48.8 Å². The number of fused-ring (bicyclic) bond motifs is 1. The smallest absolute Gasteiger partial charge is 0.220 e. The zero-order valence-corrected chi connectivity index (χ0v) is 15.1. The van der Waals surface area contributed by atoms with E-state index in [0.717, 1.165) is 54.2 Å². The van der Waals surface area contributed by atoms with E-state index in [9.17, 15) is 4.79 Å². The van der Waals surface area contributed by atoms with Crippen molar-refractivity contribution >= 4 is 16.9 Å². The van der Waals surface area contributed by atoms with Gasteiger partial charge < -0.3 is 19.8 Å². The molecule has 0 unspecified atom stereocenters. The van der Waals surface area contributed by atoms with Gasteiger partial charge in [0.15, 0.2) is 0 Å². The van der Waals surface area contributed by atoms with Crippen LogP contribution >= 0.6 is 0 Å². The summed E-state index contributed by atoms with van der Waals surface area (Å²) in [5.74, 6) is 1.64. The van der Waals surface area contributed by atoms with Crippen LogP contribution in [0, 0.1) is 0 Å². The maximum Gasteiger partial charge on any atom is 0.220 e. The Bertz CT molecular complexity index is 898. The van der Waals surface area contributed by atoms with E-state index in [1.807, 2.05) is 42.6 Å². The summed E-state index contributed by atoms with van der Waals surface area (Å²) in [5.41, 5.74) is 1.92. The van der Waals surface area contributed by atoms with Crippen molar-refractivity contribution < 1.29 is 14.3 Å². The van der Waals surface area contributed by atoms with Crippen molar-refractivity contribution in [1.82, 2.24) is 15.3 Å². The number of H-pyrrole nitrogens is 1. The Labute approximate surface area is 157 Å².